The molecule has 1 unspecified atom stereocenters. The van der Waals surface area contributed by atoms with Gasteiger partial charge in [-0.05, 0) is 36.0 Å². The summed E-state index contributed by atoms with van der Waals surface area (Å²) in [6, 6.07) is 6.70. The molecular weight excluding hydrogens is 234 g/mol. The summed E-state index contributed by atoms with van der Waals surface area (Å²) in [4.78, 5) is 0. The average molecular weight is 259 g/mol. The van der Waals surface area contributed by atoms with E-state index in [0.29, 0.717) is 0 Å². The van der Waals surface area contributed by atoms with Gasteiger partial charge in [-0.2, -0.15) is 0 Å². The number of benzene rings is 1. The molecule has 1 aliphatic heterocycles. The summed E-state index contributed by atoms with van der Waals surface area (Å²) in [7, 11) is 0. The fourth-order valence-corrected chi connectivity index (χ4v) is 3.49. The highest BCUT2D eigenvalue weighted by Gasteiger charge is 2.17. The van der Waals surface area contributed by atoms with Crippen LogP contribution in [0.1, 0.15) is 62.1 Å². The molecule has 1 aromatic carbocycles. The lowest BCUT2D eigenvalue weighted by Crippen LogP contribution is -2.14. The van der Waals surface area contributed by atoms with Crippen LogP contribution >= 0.6 is 0 Å². The second-order valence-electron chi connectivity index (χ2n) is 6.15. The van der Waals surface area contributed by atoms with E-state index in [1.165, 1.54) is 49.7 Å². The van der Waals surface area contributed by atoms with Gasteiger partial charge in [0.25, 0.3) is 0 Å². The van der Waals surface area contributed by atoms with Crippen molar-refractivity contribution < 1.29 is 4.74 Å². The van der Waals surface area contributed by atoms with E-state index in [0.717, 1.165) is 31.1 Å². The summed E-state index contributed by atoms with van der Waals surface area (Å²) in [5.74, 6) is 1.99. The van der Waals surface area contributed by atoms with Gasteiger partial charge in [-0.25, -0.2) is 0 Å². The Kier molecular flexibility index (Phi) is 4.07. The molecule has 2 N–H and O–H groups in total. The van der Waals surface area contributed by atoms with Crippen molar-refractivity contribution in [3.05, 3.63) is 29.3 Å². The number of nitrogens with two attached hydrogens (primary N) is 1. The van der Waals surface area contributed by atoms with Gasteiger partial charge in [-0.3, -0.25) is 0 Å². The summed E-state index contributed by atoms with van der Waals surface area (Å²) < 4.78 is 5.55. The summed E-state index contributed by atoms with van der Waals surface area (Å²) in [6.45, 7) is 0.829. The second kappa shape index (κ2) is 5.96. The molecule has 1 fully saturated rings. The Hall–Kier alpha value is -1.02. The highest BCUT2D eigenvalue weighted by atomic mass is 16.5. The first-order chi connectivity index (χ1) is 9.33. The Labute approximate surface area is 116 Å². The molecule has 0 spiro atoms. The number of rotatable bonds is 4. The lowest BCUT2D eigenvalue weighted by atomic mass is 9.84. The van der Waals surface area contributed by atoms with E-state index in [1.807, 2.05) is 0 Å². The molecule has 1 aliphatic carbocycles. The lowest BCUT2D eigenvalue weighted by Gasteiger charge is -2.23. The van der Waals surface area contributed by atoms with Crippen LogP contribution in [0.25, 0.3) is 0 Å². The van der Waals surface area contributed by atoms with Crippen LogP contribution in [0.5, 0.6) is 5.75 Å². The molecule has 1 heterocycles. The maximum atomic E-state index is 6.37. The van der Waals surface area contributed by atoms with Crippen LogP contribution in [0.4, 0.5) is 0 Å². The Balaban J connectivity index is 1.56. The zero-order valence-electron chi connectivity index (χ0n) is 11.7. The lowest BCUT2D eigenvalue weighted by molar-refractivity contribution is 0.324. The third kappa shape index (κ3) is 3.11. The zero-order valence-corrected chi connectivity index (χ0v) is 11.7. The van der Waals surface area contributed by atoms with E-state index in [1.54, 1.807) is 0 Å². The van der Waals surface area contributed by atoms with E-state index in [2.05, 4.69) is 18.2 Å². The monoisotopic (exact) mass is 259 g/mol. The van der Waals surface area contributed by atoms with Crippen molar-refractivity contribution in [1.29, 1.82) is 0 Å². The molecule has 2 heteroatoms. The standard InChI is InChI=1S/C17H25NO/c18-16(8-6-13-4-2-1-3-5-13)14-7-9-17-15(12-14)10-11-19-17/h7,9,12-13,16H,1-6,8,10-11,18H2. The molecular formula is C17H25NO. The van der Waals surface area contributed by atoms with Crippen molar-refractivity contribution in [1.82, 2.24) is 0 Å². The molecule has 0 saturated heterocycles. The van der Waals surface area contributed by atoms with Crippen LogP contribution < -0.4 is 10.5 Å². The maximum Gasteiger partial charge on any atom is 0.122 e. The van der Waals surface area contributed by atoms with Crippen molar-refractivity contribution in [2.75, 3.05) is 6.61 Å². The van der Waals surface area contributed by atoms with Gasteiger partial charge in [0.2, 0.25) is 0 Å². The van der Waals surface area contributed by atoms with Gasteiger partial charge in [0.1, 0.15) is 5.75 Å². The normalized spacial score (nSPS) is 20.9. The molecule has 1 aromatic rings. The minimum atomic E-state index is 0.202. The molecule has 0 bridgehead atoms. The highest BCUT2D eigenvalue weighted by Crippen LogP contribution is 2.32. The Morgan fingerprint density at radius 3 is 2.89 bits per heavy atom. The minimum Gasteiger partial charge on any atom is -0.493 e. The van der Waals surface area contributed by atoms with Crippen LogP contribution in [-0.2, 0) is 6.42 Å². The molecule has 0 aromatic heterocycles. The maximum absolute atomic E-state index is 6.37. The van der Waals surface area contributed by atoms with E-state index in [4.69, 9.17) is 10.5 Å². The predicted octanol–water partition coefficient (Wildman–Crippen LogP) is 3.98. The number of ether oxygens (including phenoxy) is 1. The SMILES string of the molecule is NC(CCC1CCCCC1)c1ccc2c(c1)CCO2. The smallest absolute Gasteiger partial charge is 0.122 e. The molecule has 3 rings (SSSR count). The molecule has 19 heavy (non-hydrogen) atoms. The topological polar surface area (TPSA) is 35.2 Å². The molecule has 1 atom stereocenters. The van der Waals surface area contributed by atoms with Crippen LogP contribution in [-0.4, -0.2) is 6.61 Å². The van der Waals surface area contributed by atoms with Gasteiger partial charge in [0, 0.05) is 12.5 Å². The van der Waals surface area contributed by atoms with Crippen molar-refractivity contribution in [2.24, 2.45) is 11.7 Å². The third-order valence-corrected chi connectivity index (χ3v) is 4.75. The molecule has 2 nitrogen and oxygen atoms in total. The number of hydrogen-bond donors (Lipinski definition) is 1. The average Bonchev–Trinajstić information content (AvgIpc) is 2.93. The Morgan fingerprint density at radius 2 is 2.05 bits per heavy atom. The summed E-state index contributed by atoms with van der Waals surface area (Å²) in [5, 5.41) is 0. The van der Waals surface area contributed by atoms with Crippen LogP contribution in [0.2, 0.25) is 0 Å². The Bertz CT molecular complexity index is 423. The van der Waals surface area contributed by atoms with E-state index in [9.17, 15) is 0 Å². The molecule has 104 valence electrons. The number of hydrogen-bond acceptors (Lipinski definition) is 2. The van der Waals surface area contributed by atoms with Crippen molar-refractivity contribution in [3.8, 4) is 5.75 Å². The van der Waals surface area contributed by atoms with Crippen LogP contribution in [0, 0.1) is 5.92 Å². The van der Waals surface area contributed by atoms with E-state index >= 15 is 0 Å². The highest BCUT2D eigenvalue weighted by molar-refractivity contribution is 5.40. The number of fused-ring (bicyclic) bond motifs is 1. The first-order valence-electron chi connectivity index (χ1n) is 7.84. The first kappa shape index (κ1) is 13.0. The molecule has 2 aliphatic rings. The summed E-state index contributed by atoms with van der Waals surface area (Å²) in [6.07, 6.45) is 10.6. The van der Waals surface area contributed by atoms with Crippen molar-refractivity contribution in [2.45, 2.75) is 57.4 Å². The van der Waals surface area contributed by atoms with Crippen LogP contribution in [0.15, 0.2) is 18.2 Å². The van der Waals surface area contributed by atoms with Gasteiger partial charge in [0.15, 0.2) is 0 Å². The molecule has 1 saturated carbocycles. The van der Waals surface area contributed by atoms with Gasteiger partial charge in [-0.15, -0.1) is 0 Å². The zero-order chi connectivity index (χ0) is 13.1. The molecule has 0 radical (unpaired) electrons. The Morgan fingerprint density at radius 1 is 1.21 bits per heavy atom. The van der Waals surface area contributed by atoms with E-state index < -0.39 is 0 Å². The van der Waals surface area contributed by atoms with Gasteiger partial charge >= 0.3 is 0 Å². The fourth-order valence-electron chi connectivity index (χ4n) is 3.49. The van der Waals surface area contributed by atoms with E-state index in [-0.39, 0.29) is 6.04 Å². The molecule has 0 amide bonds. The first-order valence-corrected chi connectivity index (χ1v) is 7.84. The quantitative estimate of drug-likeness (QED) is 0.887. The van der Waals surface area contributed by atoms with Crippen LogP contribution in [0.3, 0.4) is 0 Å². The van der Waals surface area contributed by atoms with Gasteiger partial charge in [0.05, 0.1) is 6.61 Å². The van der Waals surface area contributed by atoms with Crippen molar-refractivity contribution >= 4 is 0 Å². The van der Waals surface area contributed by atoms with Gasteiger partial charge < -0.3 is 10.5 Å². The fraction of sp³-hybridized carbons (Fsp3) is 0.647. The minimum absolute atomic E-state index is 0.202. The predicted molar refractivity (Wildman–Crippen MR) is 78.4 cm³/mol. The van der Waals surface area contributed by atoms with Crippen molar-refractivity contribution in [3.63, 3.8) is 0 Å². The van der Waals surface area contributed by atoms with Gasteiger partial charge in [-0.1, -0.05) is 44.2 Å². The second-order valence-corrected chi connectivity index (χ2v) is 6.15. The summed E-state index contributed by atoms with van der Waals surface area (Å²) >= 11 is 0. The summed E-state index contributed by atoms with van der Waals surface area (Å²) in [5.41, 5.74) is 9.00. The largest absolute Gasteiger partial charge is 0.493 e. The third-order valence-electron chi connectivity index (χ3n) is 4.75.